The molecule has 0 radical (unpaired) electrons. The number of carbonyl (C=O) groups is 1. The monoisotopic (exact) mass is 269 g/mol. The van der Waals surface area contributed by atoms with Crippen molar-refractivity contribution in [3.8, 4) is 5.75 Å². The van der Waals surface area contributed by atoms with Crippen LogP contribution in [0.15, 0.2) is 24.3 Å². The molecule has 3 nitrogen and oxygen atoms in total. The fourth-order valence-corrected chi connectivity index (χ4v) is 2.23. The topological polar surface area (TPSA) is 49.3 Å². The van der Waals surface area contributed by atoms with Crippen LogP contribution in [0.2, 0.25) is 10.0 Å². The first-order chi connectivity index (χ1) is 7.99. The van der Waals surface area contributed by atoms with E-state index in [2.05, 4.69) is 5.32 Å². The molecule has 17 heavy (non-hydrogen) atoms. The van der Waals surface area contributed by atoms with Gasteiger partial charge in [0.15, 0.2) is 0 Å². The lowest BCUT2D eigenvalue weighted by atomic mass is 10.1. The number of hydrogen-bond donors (Lipinski definition) is 2. The molecule has 0 spiro atoms. The Morgan fingerprint density at radius 3 is 2.53 bits per heavy atom. The van der Waals surface area contributed by atoms with Crippen molar-refractivity contribution < 1.29 is 9.90 Å². The Balaban J connectivity index is 2.80. The number of anilines is 1. The molecule has 2 N–H and O–H groups in total. The molecule has 5 heteroatoms. The average Bonchev–Trinajstić information content (AvgIpc) is 2.23. The van der Waals surface area contributed by atoms with Gasteiger partial charge in [-0.25, -0.2) is 0 Å². The summed E-state index contributed by atoms with van der Waals surface area (Å²) in [6.07, 6.45) is 0. The van der Waals surface area contributed by atoms with Crippen molar-refractivity contribution in [2.45, 2.75) is 6.92 Å². The number of carbonyl (C=O) groups excluding carboxylic acids is 1. The lowest BCUT2D eigenvalue weighted by Gasteiger charge is -2.11. The molecule has 2 aromatic rings. The number of benzene rings is 2. The van der Waals surface area contributed by atoms with Gasteiger partial charge in [-0.2, -0.15) is 0 Å². The second-order valence-corrected chi connectivity index (χ2v) is 4.44. The maximum atomic E-state index is 11.1. The Labute approximate surface area is 108 Å². The van der Waals surface area contributed by atoms with E-state index in [9.17, 15) is 9.90 Å². The van der Waals surface area contributed by atoms with Gasteiger partial charge >= 0.3 is 0 Å². The van der Waals surface area contributed by atoms with Crippen molar-refractivity contribution in [3.05, 3.63) is 34.3 Å². The van der Waals surface area contributed by atoms with E-state index in [1.54, 1.807) is 12.1 Å². The summed E-state index contributed by atoms with van der Waals surface area (Å²) in [5, 5.41) is 14.2. The molecular formula is C12H9Cl2NO2. The number of amides is 1. The van der Waals surface area contributed by atoms with Gasteiger partial charge < -0.3 is 10.4 Å². The molecule has 0 saturated heterocycles. The quantitative estimate of drug-likeness (QED) is 0.827. The molecule has 0 atom stereocenters. The summed E-state index contributed by atoms with van der Waals surface area (Å²) in [5.41, 5.74) is 0.453. The van der Waals surface area contributed by atoms with Crippen molar-refractivity contribution in [2.24, 2.45) is 0 Å². The molecule has 0 aliphatic heterocycles. The number of hydrogen-bond acceptors (Lipinski definition) is 2. The Hall–Kier alpha value is -1.45. The predicted octanol–water partition coefficient (Wildman–Crippen LogP) is 3.81. The first-order valence-corrected chi connectivity index (χ1v) is 5.63. The van der Waals surface area contributed by atoms with E-state index in [0.29, 0.717) is 21.1 Å². The first kappa shape index (κ1) is 12.0. The maximum absolute atomic E-state index is 11.1. The number of aromatic hydroxyl groups is 1. The van der Waals surface area contributed by atoms with Gasteiger partial charge in [-0.3, -0.25) is 4.79 Å². The van der Waals surface area contributed by atoms with Crippen molar-refractivity contribution in [1.29, 1.82) is 0 Å². The fourth-order valence-electron chi connectivity index (χ4n) is 1.64. The van der Waals surface area contributed by atoms with Crippen LogP contribution in [0.5, 0.6) is 5.75 Å². The Bertz CT molecular complexity index is 611. The number of halogens is 2. The van der Waals surface area contributed by atoms with Crippen LogP contribution >= 0.6 is 23.2 Å². The molecule has 0 aliphatic rings. The molecule has 0 aliphatic carbocycles. The van der Waals surface area contributed by atoms with Crippen LogP contribution in [0.1, 0.15) is 6.92 Å². The van der Waals surface area contributed by atoms with Gasteiger partial charge in [0.2, 0.25) is 5.91 Å². The summed E-state index contributed by atoms with van der Waals surface area (Å²) in [6, 6.07) is 6.28. The van der Waals surface area contributed by atoms with Crippen LogP contribution < -0.4 is 5.32 Å². The van der Waals surface area contributed by atoms with E-state index in [-0.39, 0.29) is 11.7 Å². The van der Waals surface area contributed by atoms with E-state index in [1.165, 1.54) is 19.1 Å². The van der Waals surface area contributed by atoms with Gasteiger partial charge in [-0.1, -0.05) is 23.2 Å². The molecule has 0 aromatic heterocycles. The standard InChI is InChI=1S/C12H9Cl2NO2/c1-6(16)15-12-9-4-7(17)2-3-8(9)10(13)5-11(12)14/h2-5,17H,1H3,(H,15,16). The Morgan fingerprint density at radius 1 is 1.18 bits per heavy atom. The molecule has 0 fully saturated rings. The molecule has 2 aromatic carbocycles. The molecule has 88 valence electrons. The third kappa shape index (κ3) is 2.30. The van der Waals surface area contributed by atoms with Crippen LogP contribution in [-0.4, -0.2) is 11.0 Å². The number of fused-ring (bicyclic) bond motifs is 1. The number of phenolic OH excluding ortho intramolecular Hbond substituents is 1. The number of rotatable bonds is 1. The molecule has 2 rings (SSSR count). The highest BCUT2D eigenvalue weighted by molar-refractivity contribution is 6.41. The highest BCUT2D eigenvalue weighted by Gasteiger charge is 2.11. The zero-order valence-electron chi connectivity index (χ0n) is 8.92. The van der Waals surface area contributed by atoms with Gasteiger partial charge in [-0.15, -0.1) is 0 Å². The minimum Gasteiger partial charge on any atom is -0.508 e. The van der Waals surface area contributed by atoms with Crippen molar-refractivity contribution in [3.63, 3.8) is 0 Å². The van der Waals surface area contributed by atoms with E-state index < -0.39 is 0 Å². The van der Waals surface area contributed by atoms with Crippen LogP contribution in [0.25, 0.3) is 10.8 Å². The van der Waals surface area contributed by atoms with Crippen molar-refractivity contribution in [2.75, 3.05) is 5.32 Å². The van der Waals surface area contributed by atoms with E-state index in [1.807, 2.05) is 0 Å². The Kier molecular flexibility index (Phi) is 3.13. The lowest BCUT2D eigenvalue weighted by molar-refractivity contribution is -0.114. The van der Waals surface area contributed by atoms with Crippen LogP contribution in [0, 0.1) is 0 Å². The molecule has 0 bridgehead atoms. The molecular weight excluding hydrogens is 261 g/mol. The summed E-state index contributed by atoms with van der Waals surface area (Å²) in [7, 11) is 0. The summed E-state index contributed by atoms with van der Waals surface area (Å²) in [5.74, 6) is -0.152. The third-order valence-electron chi connectivity index (χ3n) is 2.32. The lowest BCUT2D eigenvalue weighted by Crippen LogP contribution is -2.06. The van der Waals surface area contributed by atoms with Gasteiger partial charge in [0, 0.05) is 17.7 Å². The van der Waals surface area contributed by atoms with E-state index >= 15 is 0 Å². The fraction of sp³-hybridized carbons (Fsp3) is 0.0833. The van der Waals surface area contributed by atoms with Gasteiger partial charge in [0.1, 0.15) is 5.75 Å². The predicted molar refractivity (Wildman–Crippen MR) is 69.9 cm³/mol. The normalized spacial score (nSPS) is 10.5. The summed E-state index contributed by atoms with van der Waals surface area (Å²) >= 11 is 12.1. The average molecular weight is 270 g/mol. The second-order valence-electron chi connectivity index (χ2n) is 3.63. The van der Waals surface area contributed by atoms with Gasteiger partial charge in [0.25, 0.3) is 0 Å². The molecule has 0 heterocycles. The van der Waals surface area contributed by atoms with Gasteiger partial charge in [-0.05, 0) is 24.3 Å². The zero-order valence-corrected chi connectivity index (χ0v) is 10.4. The van der Waals surface area contributed by atoms with Crippen LogP contribution in [0.3, 0.4) is 0 Å². The summed E-state index contributed by atoms with van der Waals surface area (Å²) in [4.78, 5) is 11.1. The van der Waals surface area contributed by atoms with Crippen LogP contribution in [-0.2, 0) is 4.79 Å². The van der Waals surface area contributed by atoms with Gasteiger partial charge in [0.05, 0.1) is 15.7 Å². The van der Waals surface area contributed by atoms with E-state index in [4.69, 9.17) is 23.2 Å². The zero-order chi connectivity index (χ0) is 12.6. The minimum absolute atomic E-state index is 0.0856. The van der Waals surface area contributed by atoms with Crippen molar-refractivity contribution >= 4 is 45.6 Å². The van der Waals surface area contributed by atoms with Crippen LogP contribution in [0.4, 0.5) is 5.69 Å². The summed E-state index contributed by atoms with van der Waals surface area (Å²) < 4.78 is 0. The highest BCUT2D eigenvalue weighted by Crippen LogP contribution is 2.37. The third-order valence-corrected chi connectivity index (χ3v) is 2.93. The van der Waals surface area contributed by atoms with E-state index in [0.717, 1.165) is 5.39 Å². The molecule has 0 unspecified atom stereocenters. The Morgan fingerprint density at radius 2 is 1.88 bits per heavy atom. The highest BCUT2D eigenvalue weighted by atomic mass is 35.5. The summed E-state index contributed by atoms with van der Waals surface area (Å²) in [6.45, 7) is 1.39. The number of phenols is 1. The molecule has 1 amide bonds. The maximum Gasteiger partial charge on any atom is 0.221 e. The molecule has 0 saturated carbocycles. The second kappa shape index (κ2) is 4.43. The number of nitrogens with one attached hydrogen (secondary N) is 1. The SMILES string of the molecule is CC(=O)Nc1c(Cl)cc(Cl)c2ccc(O)cc12. The smallest absolute Gasteiger partial charge is 0.221 e. The van der Waals surface area contributed by atoms with Crippen molar-refractivity contribution in [1.82, 2.24) is 0 Å². The largest absolute Gasteiger partial charge is 0.508 e. The minimum atomic E-state index is -0.237. The first-order valence-electron chi connectivity index (χ1n) is 4.87.